The zero-order valence-corrected chi connectivity index (χ0v) is 9.80. The maximum absolute atomic E-state index is 10.6. The number of carboxylic acids is 1. The van der Waals surface area contributed by atoms with Crippen molar-refractivity contribution in [2.24, 2.45) is 0 Å². The van der Waals surface area contributed by atoms with Crippen LogP contribution in [0.5, 0.6) is 0 Å². The van der Waals surface area contributed by atoms with E-state index in [1.54, 1.807) is 6.20 Å². The van der Waals surface area contributed by atoms with Crippen LogP contribution in [-0.2, 0) is 13.0 Å². The molecule has 0 radical (unpaired) electrons. The molecule has 0 bridgehead atoms. The van der Waals surface area contributed by atoms with Crippen molar-refractivity contribution in [1.82, 2.24) is 10.3 Å². The van der Waals surface area contributed by atoms with Crippen LogP contribution in [-0.4, -0.2) is 22.6 Å². The molecule has 0 atom stereocenters. The summed E-state index contributed by atoms with van der Waals surface area (Å²) in [6.07, 6.45) is 5.70. The summed E-state index contributed by atoms with van der Waals surface area (Å²) in [5, 5.41) is 11.9. The molecular weight excluding hydrogens is 232 g/mol. The van der Waals surface area contributed by atoms with Crippen molar-refractivity contribution in [3.05, 3.63) is 53.7 Å². The minimum absolute atomic E-state index is 0.180. The van der Waals surface area contributed by atoms with Gasteiger partial charge in [-0.25, -0.2) is 4.79 Å². The van der Waals surface area contributed by atoms with Crippen LogP contribution in [0.3, 0.4) is 0 Å². The molecule has 0 saturated carbocycles. The van der Waals surface area contributed by atoms with E-state index in [0.717, 1.165) is 18.5 Å². The van der Waals surface area contributed by atoms with Crippen molar-refractivity contribution in [3.8, 4) is 0 Å². The molecule has 2 aromatic rings. The van der Waals surface area contributed by atoms with Gasteiger partial charge < -0.3 is 14.8 Å². The SMILES string of the molecule is O=C(O)c1coc(CNCCc2cccnc2)c1. The van der Waals surface area contributed by atoms with E-state index >= 15 is 0 Å². The fraction of sp³-hybridized carbons (Fsp3) is 0.231. The first-order chi connectivity index (χ1) is 8.75. The molecule has 0 aliphatic rings. The van der Waals surface area contributed by atoms with Gasteiger partial charge in [0.05, 0.1) is 12.1 Å². The number of furan rings is 1. The van der Waals surface area contributed by atoms with Crippen molar-refractivity contribution in [2.45, 2.75) is 13.0 Å². The summed E-state index contributed by atoms with van der Waals surface area (Å²) in [5.74, 6) is -0.348. The normalized spacial score (nSPS) is 10.4. The molecule has 18 heavy (non-hydrogen) atoms. The van der Waals surface area contributed by atoms with Gasteiger partial charge >= 0.3 is 5.97 Å². The maximum atomic E-state index is 10.6. The summed E-state index contributed by atoms with van der Waals surface area (Å²) in [6.45, 7) is 1.31. The Hall–Kier alpha value is -2.14. The number of aromatic nitrogens is 1. The van der Waals surface area contributed by atoms with Crippen molar-refractivity contribution in [1.29, 1.82) is 0 Å². The standard InChI is InChI=1S/C13H14N2O3/c16-13(17)11-6-12(18-9-11)8-15-5-3-10-2-1-4-14-7-10/h1-2,4,6-7,9,15H,3,5,8H2,(H,16,17). The third-order valence-electron chi connectivity index (χ3n) is 2.51. The topological polar surface area (TPSA) is 75.4 Å². The van der Waals surface area contributed by atoms with Crippen LogP contribution in [0.2, 0.25) is 0 Å². The van der Waals surface area contributed by atoms with Crippen LogP contribution in [0, 0.1) is 0 Å². The lowest BCUT2D eigenvalue weighted by molar-refractivity contribution is 0.0696. The minimum atomic E-state index is -0.972. The lowest BCUT2D eigenvalue weighted by Crippen LogP contribution is -2.16. The second-order valence-corrected chi connectivity index (χ2v) is 3.89. The molecule has 0 aliphatic carbocycles. The predicted octanol–water partition coefficient (Wildman–Crippen LogP) is 1.71. The zero-order valence-electron chi connectivity index (χ0n) is 9.80. The van der Waals surface area contributed by atoms with E-state index in [1.807, 2.05) is 18.3 Å². The molecule has 2 N–H and O–H groups in total. The zero-order chi connectivity index (χ0) is 12.8. The molecule has 94 valence electrons. The molecule has 2 rings (SSSR count). The van der Waals surface area contributed by atoms with Crippen LogP contribution in [0.4, 0.5) is 0 Å². The van der Waals surface area contributed by atoms with E-state index in [2.05, 4.69) is 10.3 Å². The highest BCUT2D eigenvalue weighted by Crippen LogP contribution is 2.07. The number of hydrogen-bond acceptors (Lipinski definition) is 4. The largest absolute Gasteiger partial charge is 0.478 e. The van der Waals surface area contributed by atoms with Crippen LogP contribution in [0.1, 0.15) is 21.7 Å². The highest BCUT2D eigenvalue weighted by Gasteiger charge is 2.07. The first kappa shape index (κ1) is 12.3. The summed E-state index contributed by atoms with van der Waals surface area (Å²) in [7, 11) is 0. The number of rotatable bonds is 6. The van der Waals surface area contributed by atoms with Gasteiger partial charge in [0.15, 0.2) is 0 Å². The lowest BCUT2D eigenvalue weighted by Gasteiger charge is -2.02. The third kappa shape index (κ3) is 3.43. The quantitative estimate of drug-likeness (QED) is 0.759. The third-order valence-corrected chi connectivity index (χ3v) is 2.51. The number of carboxylic acid groups (broad SMARTS) is 1. The number of aromatic carboxylic acids is 1. The number of hydrogen-bond donors (Lipinski definition) is 2. The summed E-state index contributed by atoms with van der Waals surface area (Å²) in [6, 6.07) is 5.45. The highest BCUT2D eigenvalue weighted by molar-refractivity contribution is 5.87. The molecule has 0 unspecified atom stereocenters. The Labute approximate surface area is 104 Å². The molecule has 5 nitrogen and oxygen atoms in total. The molecule has 0 fully saturated rings. The lowest BCUT2D eigenvalue weighted by atomic mass is 10.2. The van der Waals surface area contributed by atoms with E-state index in [1.165, 1.54) is 12.3 Å². The van der Waals surface area contributed by atoms with Gasteiger partial charge in [-0.05, 0) is 30.7 Å². The molecule has 5 heteroatoms. The fourth-order valence-electron chi connectivity index (χ4n) is 1.58. The minimum Gasteiger partial charge on any atom is -0.478 e. The second-order valence-electron chi connectivity index (χ2n) is 3.89. The molecule has 0 aromatic carbocycles. The molecule has 0 amide bonds. The average molecular weight is 246 g/mol. The Morgan fingerprint density at radius 1 is 1.50 bits per heavy atom. The van der Waals surface area contributed by atoms with Gasteiger partial charge in [-0.3, -0.25) is 4.98 Å². The van der Waals surface area contributed by atoms with Gasteiger partial charge in [-0.2, -0.15) is 0 Å². The van der Waals surface area contributed by atoms with Crippen molar-refractivity contribution in [2.75, 3.05) is 6.54 Å². The van der Waals surface area contributed by atoms with Gasteiger partial charge in [0, 0.05) is 12.4 Å². The molecule has 2 aromatic heterocycles. The van der Waals surface area contributed by atoms with Gasteiger partial charge in [0.2, 0.25) is 0 Å². The van der Waals surface area contributed by atoms with E-state index in [-0.39, 0.29) is 5.56 Å². The molecule has 0 aliphatic heterocycles. The Balaban J connectivity index is 1.73. The molecular formula is C13H14N2O3. The Morgan fingerprint density at radius 3 is 3.06 bits per heavy atom. The molecule has 0 spiro atoms. The van der Waals surface area contributed by atoms with Crippen molar-refractivity contribution < 1.29 is 14.3 Å². The summed E-state index contributed by atoms with van der Waals surface area (Å²) in [4.78, 5) is 14.7. The van der Waals surface area contributed by atoms with Crippen LogP contribution < -0.4 is 5.32 Å². The van der Waals surface area contributed by atoms with Gasteiger partial charge in [0.1, 0.15) is 12.0 Å². The highest BCUT2D eigenvalue weighted by atomic mass is 16.4. The Kier molecular flexibility index (Phi) is 4.09. The van der Waals surface area contributed by atoms with Crippen LogP contribution in [0.25, 0.3) is 0 Å². The average Bonchev–Trinajstić information content (AvgIpc) is 2.85. The summed E-state index contributed by atoms with van der Waals surface area (Å²) >= 11 is 0. The number of nitrogens with zero attached hydrogens (tertiary/aromatic N) is 1. The van der Waals surface area contributed by atoms with E-state index < -0.39 is 5.97 Å². The van der Waals surface area contributed by atoms with Crippen molar-refractivity contribution in [3.63, 3.8) is 0 Å². The second kappa shape index (κ2) is 5.97. The first-order valence-corrected chi connectivity index (χ1v) is 5.66. The van der Waals surface area contributed by atoms with Crippen LogP contribution >= 0.6 is 0 Å². The Morgan fingerprint density at radius 2 is 2.39 bits per heavy atom. The van der Waals surface area contributed by atoms with Crippen LogP contribution in [0.15, 0.2) is 41.3 Å². The van der Waals surface area contributed by atoms with E-state index in [9.17, 15) is 4.79 Å². The van der Waals surface area contributed by atoms with Gasteiger partial charge in [-0.15, -0.1) is 0 Å². The van der Waals surface area contributed by atoms with E-state index in [4.69, 9.17) is 9.52 Å². The van der Waals surface area contributed by atoms with E-state index in [0.29, 0.717) is 12.3 Å². The monoisotopic (exact) mass is 246 g/mol. The number of carbonyl (C=O) groups is 1. The molecule has 2 heterocycles. The smallest absolute Gasteiger partial charge is 0.338 e. The predicted molar refractivity (Wildman–Crippen MR) is 65.3 cm³/mol. The Bertz CT molecular complexity index is 508. The maximum Gasteiger partial charge on any atom is 0.338 e. The first-order valence-electron chi connectivity index (χ1n) is 5.66. The fourth-order valence-corrected chi connectivity index (χ4v) is 1.58. The number of nitrogens with one attached hydrogen (secondary N) is 1. The summed E-state index contributed by atoms with van der Waals surface area (Å²) in [5.41, 5.74) is 1.34. The van der Waals surface area contributed by atoms with Gasteiger partial charge in [-0.1, -0.05) is 6.07 Å². The van der Waals surface area contributed by atoms with Gasteiger partial charge in [0.25, 0.3) is 0 Å². The summed E-state index contributed by atoms with van der Waals surface area (Å²) < 4.78 is 5.12. The number of pyridine rings is 1. The van der Waals surface area contributed by atoms with Crippen molar-refractivity contribution >= 4 is 5.97 Å². The molecule has 0 saturated heterocycles.